The summed E-state index contributed by atoms with van der Waals surface area (Å²) < 4.78 is 0. The highest BCUT2D eigenvalue weighted by Crippen LogP contribution is 2.25. The summed E-state index contributed by atoms with van der Waals surface area (Å²) in [5.41, 5.74) is 5.15. The molecule has 2 aromatic rings. The van der Waals surface area contributed by atoms with Crippen molar-refractivity contribution in [2.75, 3.05) is 0 Å². The summed E-state index contributed by atoms with van der Waals surface area (Å²) in [7, 11) is 0. The van der Waals surface area contributed by atoms with Gasteiger partial charge >= 0.3 is 0 Å². The van der Waals surface area contributed by atoms with Gasteiger partial charge in [-0.25, -0.2) is 0 Å². The minimum absolute atomic E-state index is 0.0606. The van der Waals surface area contributed by atoms with E-state index in [1.165, 1.54) is 5.56 Å². The molecule has 0 aromatic carbocycles. The van der Waals surface area contributed by atoms with Gasteiger partial charge in [-0.3, -0.25) is 16.3 Å². The van der Waals surface area contributed by atoms with E-state index in [1.54, 1.807) is 23.7 Å². The maximum absolute atomic E-state index is 6.10. The quantitative estimate of drug-likeness (QED) is 0.647. The van der Waals surface area contributed by atoms with Gasteiger partial charge in [0.05, 0.1) is 5.02 Å². The Morgan fingerprint density at radius 3 is 3.00 bits per heavy atom. The number of pyridine rings is 1. The first-order chi connectivity index (χ1) is 8.31. The van der Waals surface area contributed by atoms with E-state index in [4.69, 9.17) is 17.4 Å². The van der Waals surface area contributed by atoms with E-state index in [-0.39, 0.29) is 6.04 Å². The van der Waals surface area contributed by atoms with Crippen molar-refractivity contribution in [2.45, 2.75) is 18.9 Å². The van der Waals surface area contributed by atoms with Crippen LogP contribution in [0.25, 0.3) is 0 Å². The number of rotatable bonds is 5. The van der Waals surface area contributed by atoms with Gasteiger partial charge in [0.15, 0.2) is 0 Å². The van der Waals surface area contributed by atoms with Crippen LogP contribution in [0.1, 0.15) is 23.6 Å². The monoisotopic (exact) mass is 267 g/mol. The van der Waals surface area contributed by atoms with Crippen molar-refractivity contribution in [1.82, 2.24) is 10.4 Å². The van der Waals surface area contributed by atoms with E-state index in [0.29, 0.717) is 5.02 Å². The van der Waals surface area contributed by atoms with Crippen molar-refractivity contribution in [3.63, 3.8) is 0 Å². The highest BCUT2D eigenvalue weighted by Gasteiger charge is 2.13. The Kier molecular flexibility index (Phi) is 4.50. The summed E-state index contributed by atoms with van der Waals surface area (Å²) in [6.07, 6.45) is 5.27. The third kappa shape index (κ3) is 3.26. The Morgan fingerprint density at radius 2 is 2.35 bits per heavy atom. The van der Waals surface area contributed by atoms with Gasteiger partial charge in [0.1, 0.15) is 0 Å². The number of hydrogen-bond acceptors (Lipinski definition) is 4. The third-order valence-electron chi connectivity index (χ3n) is 2.68. The lowest BCUT2D eigenvalue weighted by Crippen LogP contribution is -2.28. The zero-order valence-corrected chi connectivity index (χ0v) is 10.8. The Labute approximate surface area is 110 Å². The molecule has 0 saturated heterocycles. The standard InChI is InChI=1S/C12H14ClN3S/c13-11-7-15-5-3-10(11)12(16-14)2-1-9-4-6-17-8-9/h3-8,12,16H,1-2,14H2. The van der Waals surface area contributed by atoms with Crippen LogP contribution in [-0.4, -0.2) is 4.98 Å². The largest absolute Gasteiger partial charge is 0.271 e. The number of hydrazine groups is 1. The molecule has 2 rings (SSSR count). The zero-order chi connectivity index (χ0) is 12.1. The summed E-state index contributed by atoms with van der Waals surface area (Å²) in [5.74, 6) is 5.59. The van der Waals surface area contributed by atoms with Crippen LogP contribution < -0.4 is 11.3 Å². The SMILES string of the molecule is NNC(CCc1ccsc1)c1ccncc1Cl. The number of halogens is 1. The number of nitrogens with zero attached hydrogens (tertiary/aromatic N) is 1. The van der Waals surface area contributed by atoms with Crippen molar-refractivity contribution in [3.05, 3.63) is 51.4 Å². The Balaban J connectivity index is 2.04. The zero-order valence-electron chi connectivity index (χ0n) is 9.27. The number of nitrogens with two attached hydrogens (primary N) is 1. The summed E-state index contributed by atoms with van der Waals surface area (Å²) >= 11 is 7.81. The molecular weight excluding hydrogens is 254 g/mol. The fourth-order valence-electron chi connectivity index (χ4n) is 1.74. The van der Waals surface area contributed by atoms with Crippen LogP contribution in [0, 0.1) is 0 Å². The molecule has 90 valence electrons. The second kappa shape index (κ2) is 6.12. The third-order valence-corrected chi connectivity index (χ3v) is 3.73. The molecule has 0 saturated carbocycles. The highest BCUT2D eigenvalue weighted by atomic mass is 35.5. The summed E-state index contributed by atoms with van der Waals surface area (Å²) in [6, 6.07) is 4.10. The van der Waals surface area contributed by atoms with Crippen LogP contribution in [0.2, 0.25) is 5.02 Å². The number of aryl methyl sites for hydroxylation is 1. The molecule has 0 amide bonds. The Bertz CT molecular complexity index is 459. The average molecular weight is 268 g/mol. The van der Waals surface area contributed by atoms with Crippen molar-refractivity contribution < 1.29 is 0 Å². The molecule has 2 aromatic heterocycles. The molecule has 2 heterocycles. The maximum atomic E-state index is 6.10. The van der Waals surface area contributed by atoms with Crippen LogP contribution in [-0.2, 0) is 6.42 Å². The normalized spacial score (nSPS) is 12.6. The molecule has 0 aliphatic heterocycles. The van der Waals surface area contributed by atoms with Crippen LogP contribution in [0.4, 0.5) is 0 Å². The Hall–Kier alpha value is -0.940. The van der Waals surface area contributed by atoms with Crippen molar-refractivity contribution in [2.24, 2.45) is 5.84 Å². The molecule has 0 bridgehead atoms. The van der Waals surface area contributed by atoms with Gasteiger partial charge in [0.25, 0.3) is 0 Å². The first-order valence-electron chi connectivity index (χ1n) is 5.38. The van der Waals surface area contributed by atoms with Crippen molar-refractivity contribution >= 4 is 22.9 Å². The van der Waals surface area contributed by atoms with Gasteiger partial charge in [0.2, 0.25) is 0 Å². The second-order valence-corrected chi connectivity index (χ2v) is 4.97. The minimum Gasteiger partial charge on any atom is -0.271 e. The van der Waals surface area contributed by atoms with E-state index in [9.17, 15) is 0 Å². The molecule has 0 fully saturated rings. The fraction of sp³-hybridized carbons (Fsp3) is 0.250. The maximum Gasteiger partial charge on any atom is 0.0637 e. The number of hydrogen-bond donors (Lipinski definition) is 2. The van der Waals surface area contributed by atoms with E-state index in [1.807, 2.05) is 6.07 Å². The second-order valence-electron chi connectivity index (χ2n) is 3.79. The molecule has 1 atom stereocenters. The van der Waals surface area contributed by atoms with E-state index in [0.717, 1.165) is 18.4 Å². The Morgan fingerprint density at radius 1 is 1.47 bits per heavy atom. The summed E-state index contributed by atoms with van der Waals surface area (Å²) in [5, 5.41) is 4.89. The van der Waals surface area contributed by atoms with Gasteiger partial charge in [-0.05, 0) is 46.9 Å². The van der Waals surface area contributed by atoms with Crippen molar-refractivity contribution in [3.8, 4) is 0 Å². The van der Waals surface area contributed by atoms with Gasteiger partial charge in [-0.15, -0.1) is 0 Å². The summed E-state index contributed by atoms with van der Waals surface area (Å²) in [4.78, 5) is 3.97. The molecular formula is C12H14ClN3S. The number of nitrogens with one attached hydrogen (secondary N) is 1. The molecule has 3 N–H and O–H groups in total. The smallest absolute Gasteiger partial charge is 0.0637 e. The first kappa shape index (κ1) is 12.5. The van der Waals surface area contributed by atoms with Crippen LogP contribution in [0.15, 0.2) is 35.3 Å². The van der Waals surface area contributed by atoms with E-state index in [2.05, 4.69) is 27.2 Å². The minimum atomic E-state index is 0.0606. The predicted octanol–water partition coefficient (Wildman–Crippen LogP) is 2.93. The predicted molar refractivity (Wildman–Crippen MR) is 72.0 cm³/mol. The fourth-order valence-corrected chi connectivity index (χ4v) is 2.70. The van der Waals surface area contributed by atoms with Gasteiger partial charge < -0.3 is 0 Å². The molecule has 0 radical (unpaired) electrons. The lowest BCUT2D eigenvalue weighted by Gasteiger charge is -2.16. The molecule has 1 unspecified atom stereocenters. The molecule has 0 spiro atoms. The van der Waals surface area contributed by atoms with Gasteiger partial charge in [-0.2, -0.15) is 11.3 Å². The molecule has 17 heavy (non-hydrogen) atoms. The van der Waals surface area contributed by atoms with Gasteiger partial charge in [0, 0.05) is 18.4 Å². The average Bonchev–Trinajstić information content (AvgIpc) is 2.85. The topological polar surface area (TPSA) is 50.9 Å². The lowest BCUT2D eigenvalue weighted by molar-refractivity contribution is 0.516. The number of thiophene rings is 1. The van der Waals surface area contributed by atoms with Crippen molar-refractivity contribution in [1.29, 1.82) is 0 Å². The van der Waals surface area contributed by atoms with Crippen LogP contribution in [0.3, 0.4) is 0 Å². The number of aromatic nitrogens is 1. The molecule has 5 heteroatoms. The first-order valence-corrected chi connectivity index (χ1v) is 6.70. The van der Waals surface area contributed by atoms with Crippen LogP contribution >= 0.6 is 22.9 Å². The van der Waals surface area contributed by atoms with Crippen LogP contribution in [0.5, 0.6) is 0 Å². The lowest BCUT2D eigenvalue weighted by atomic mass is 10.0. The van der Waals surface area contributed by atoms with E-state index < -0.39 is 0 Å². The molecule has 0 aliphatic carbocycles. The summed E-state index contributed by atoms with van der Waals surface area (Å²) in [6.45, 7) is 0. The van der Waals surface area contributed by atoms with Gasteiger partial charge in [-0.1, -0.05) is 11.6 Å². The van der Waals surface area contributed by atoms with E-state index >= 15 is 0 Å². The highest BCUT2D eigenvalue weighted by molar-refractivity contribution is 7.07. The molecule has 0 aliphatic rings. The molecule has 3 nitrogen and oxygen atoms in total.